The number of morpholine rings is 1. The molecule has 9 heteroatoms. The van der Waals surface area contributed by atoms with Crippen molar-refractivity contribution in [2.75, 3.05) is 43.1 Å². The quantitative estimate of drug-likeness (QED) is 0.347. The lowest BCUT2D eigenvalue weighted by Gasteiger charge is -2.30. The van der Waals surface area contributed by atoms with Crippen molar-refractivity contribution in [2.24, 2.45) is 0 Å². The van der Waals surface area contributed by atoms with Crippen molar-refractivity contribution in [3.05, 3.63) is 76.8 Å². The Morgan fingerprint density at radius 2 is 1.94 bits per heavy atom. The topological polar surface area (TPSA) is 81.0 Å². The second kappa shape index (κ2) is 11.2. The third-order valence-corrected chi connectivity index (χ3v) is 5.64. The van der Waals surface area contributed by atoms with Crippen LogP contribution in [0.15, 0.2) is 59.0 Å². The molecule has 2 aromatic carbocycles. The summed E-state index contributed by atoms with van der Waals surface area (Å²) in [4.78, 5) is 27.0. The second-order valence-corrected chi connectivity index (χ2v) is 8.11. The number of carbonyl (C=O) groups excluding carboxylic acids is 2. The number of furan rings is 1. The molecular weight excluding hydrogens is 475 g/mol. The van der Waals surface area contributed by atoms with E-state index in [0.29, 0.717) is 54.6 Å². The molecule has 35 heavy (non-hydrogen) atoms. The van der Waals surface area contributed by atoms with Gasteiger partial charge in [-0.1, -0.05) is 11.6 Å². The second-order valence-electron chi connectivity index (χ2n) is 7.71. The Balaban J connectivity index is 1.51. The molecule has 0 spiro atoms. The summed E-state index contributed by atoms with van der Waals surface area (Å²) in [6, 6.07) is 12.8. The highest BCUT2D eigenvalue weighted by Crippen LogP contribution is 2.29. The number of nitrogens with zero attached hydrogens (tertiary/aromatic N) is 1. The maximum absolute atomic E-state index is 13.4. The first-order valence-corrected chi connectivity index (χ1v) is 11.5. The third-order valence-electron chi connectivity index (χ3n) is 5.35. The van der Waals surface area contributed by atoms with E-state index >= 15 is 0 Å². The number of benzene rings is 2. The van der Waals surface area contributed by atoms with Gasteiger partial charge in [0.15, 0.2) is 0 Å². The Bertz CT molecular complexity index is 1250. The maximum Gasteiger partial charge on any atom is 0.338 e. The Kier molecular flexibility index (Phi) is 7.84. The summed E-state index contributed by atoms with van der Waals surface area (Å²) in [6.45, 7) is 4.47. The van der Waals surface area contributed by atoms with E-state index in [0.717, 1.165) is 5.69 Å². The zero-order chi connectivity index (χ0) is 24.8. The number of carbonyl (C=O) groups is 2. The first-order valence-electron chi connectivity index (χ1n) is 11.1. The van der Waals surface area contributed by atoms with E-state index in [1.54, 1.807) is 43.3 Å². The summed E-state index contributed by atoms with van der Waals surface area (Å²) < 4.78 is 29.7. The Hall–Kier alpha value is -3.62. The third kappa shape index (κ3) is 6.09. The summed E-state index contributed by atoms with van der Waals surface area (Å²) in [7, 11) is 0. The minimum atomic E-state index is -0.512. The van der Waals surface area contributed by atoms with Gasteiger partial charge < -0.3 is 24.1 Å². The average Bonchev–Trinajstić information content (AvgIpc) is 3.34. The van der Waals surface area contributed by atoms with Crippen LogP contribution in [-0.4, -0.2) is 44.8 Å². The molecule has 1 fully saturated rings. The lowest BCUT2D eigenvalue weighted by atomic mass is 10.1. The molecule has 1 saturated heterocycles. The standard InChI is InChI=1S/C26H24ClFN2O5/c1-2-34-26(32)18-4-8-23(30-11-13-33-14-12-30)22(16-18)29-25(31)10-6-19-5-9-24(35-19)17-3-7-21(28)20(27)15-17/h3-10,15-16H,2,11-14H2,1H3,(H,29,31)/b10-6+. The summed E-state index contributed by atoms with van der Waals surface area (Å²) in [6.07, 6.45) is 2.86. The Morgan fingerprint density at radius 3 is 2.69 bits per heavy atom. The van der Waals surface area contributed by atoms with E-state index in [4.69, 9.17) is 25.5 Å². The SMILES string of the molecule is CCOC(=O)c1ccc(N2CCOCC2)c(NC(=O)/C=C/c2ccc(-c3ccc(F)c(Cl)c3)o2)c1. The van der Waals surface area contributed by atoms with Crippen LogP contribution in [0.2, 0.25) is 5.02 Å². The maximum atomic E-state index is 13.4. The van der Waals surface area contributed by atoms with E-state index in [-0.39, 0.29) is 11.6 Å². The van der Waals surface area contributed by atoms with Crippen LogP contribution in [-0.2, 0) is 14.3 Å². The number of halogens is 2. The molecule has 0 bridgehead atoms. The fourth-order valence-corrected chi connectivity index (χ4v) is 3.82. The van der Waals surface area contributed by atoms with Crippen molar-refractivity contribution in [3.63, 3.8) is 0 Å². The van der Waals surface area contributed by atoms with Gasteiger partial charge in [-0.05, 0) is 61.5 Å². The number of nitrogens with one attached hydrogen (secondary N) is 1. The number of amides is 1. The van der Waals surface area contributed by atoms with Gasteiger partial charge in [0.2, 0.25) is 5.91 Å². The molecule has 182 valence electrons. The van der Waals surface area contributed by atoms with Crippen LogP contribution in [0.25, 0.3) is 17.4 Å². The molecule has 0 unspecified atom stereocenters. The van der Waals surface area contributed by atoms with E-state index < -0.39 is 17.7 Å². The monoisotopic (exact) mass is 498 g/mol. The lowest BCUT2D eigenvalue weighted by molar-refractivity contribution is -0.111. The van der Waals surface area contributed by atoms with Crippen LogP contribution in [0.4, 0.5) is 15.8 Å². The largest absolute Gasteiger partial charge is 0.462 e. The molecule has 1 aromatic heterocycles. The number of anilines is 2. The van der Waals surface area contributed by atoms with Gasteiger partial charge in [0, 0.05) is 24.7 Å². The molecule has 1 amide bonds. The van der Waals surface area contributed by atoms with Gasteiger partial charge in [0.25, 0.3) is 0 Å². The van der Waals surface area contributed by atoms with Crippen molar-refractivity contribution in [1.82, 2.24) is 0 Å². The average molecular weight is 499 g/mol. The molecule has 7 nitrogen and oxygen atoms in total. The van der Waals surface area contributed by atoms with E-state index in [9.17, 15) is 14.0 Å². The molecule has 3 aromatic rings. The molecule has 1 N–H and O–H groups in total. The highest BCUT2D eigenvalue weighted by molar-refractivity contribution is 6.31. The van der Waals surface area contributed by atoms with E-state index in [1.807, 2.05) is 0 Å². The smallest absolute Gasteiger partial charge is 0.338 e. The van der Waals surface area contributed by atoms with Gasteiger partial charge in [0.1, 0.15) is 17.3 Å². The predicted octanol–water partition coefficient (Wildman–Crippen LogP) is 5.40. The minimum Gasteiger partial charge on any atom is -0.462 e. The summed E-state index contributed by atoms with van der Waals surface area (Å²) in [5.74, 6) is -0.449. The van der Waals surface area contributed by atoms with Gasteiger partial charge >= 0.3 is 5.97 Å². The molecule has 4 rings (SSSR count). The van der Waals surface area contributed by atoms with Gasteiger partial charge in [-0.2, -0.15) is 0 Å². The number of esters is 1. The van der Waals surface area contributed by atoms with Crippen molar-refractivity contribution >= 4 is 40.9 Å². The van der Waals surface area contributed by atoms with E-state index in [2.05, 4.69) is 10.2 Å². The van der Waals surface area contributed by atoms with Crippen molar-refractivity contribution in [1.29, 1.82) is 0 Å². The van der Waals surface area contributed by atoms with Crippen molar-refractivity contribution in [2.45, 2.75) is 6.92 Å². The van der Waals surface area contributed by atoms with Crippen LogP contribution in [0.3, 0.4) is 0 Å². The van der Waals surface area contributed by atoms with Crippen LogP contribution in [0.5, 0.6) is 0 Å². The fraction of sp³-hybridized carbons (Fsp3) is 0.231. The van der Waals surface area contributed by atoms with Gasteiger partial charge in [-0.3, -0.25) is 4.79 Å². The molecule has 1 aliphatic rings. The normalized spacial score (nSPS) is 13.7. The molecule has 1 aliphatic heterocycles. The highest BCUT2D eigenvalue weighted by Gasteiger charge is 2.18. The fourth-order valence-electron chi connectivity index (χ4n) is 3.64. The summed E-state index contributed by atoms with van der Waals surface area (Å²) >= 11 is 5.84. The molecule has 2 heterocycles. The number of rotatable bonds is 7. The Labute approximate surface area is 207 Å². The highest BCUT2D eigenvalue weighted by atomic mass is 35.5. The van der Waals surface area contributed by atoms with Crippen LogP contribution < -0.4 is 10.2 Å². The van der Waals surface area contributed by atoms with Crippen molar-refractivity contribution < 1.29 is 27.9 Å². The number of hydrogen-bond acceptors (Lipinski definition) is 6. The van der Waals surface area contributed by atoms with Crippen molar-refractivity contribution in [3.8, 4) is 11.3 Å². The van der Waals surface area contributed by atoms with Gasteiger partial charge in [-0.25, -0.2) is 9.18 Å². The summed E-state index contributed by atoms with van der Waals surface area (Å²) in [5.41, 5.74) is 2.24. The first kappa shape index (κ1) is 24.5. The summed E-state index contributed by atoms with van der Waals surface area (Å²) in [5, 5.41) is 2.85. The van der Waals surface area contributed by atoms with Crippen LogP contribution in [0, 0.1) is 5.82 Å². The predicted molar refractivity (Wildman–Crippen MR) is 132 cm³/mol. The molecule has 0 saturated carbocycles. The van der Waals surface area contributed by atoms with Crippen LogP contribution >= 0.6 is 11.6 Å². The minimum absolute atomic E-state index is 0.00325. The zero-order valence-electron chi connectivity index (χ0n) is 19.1. The number of hydrogen-bond donors (Lipinski definition) is 1. The van der Waals surface area contributed by atoms with Gasteiger partial charge in [-0.15, -0.1) is 0 Å². The Morgan fingerprint density at radius 1 is 1.14 bits per heavy atom. The first-order chi connectivity index (χ1) is 16.9. The zero-order valence-corrected chi connectivity index (χ0v) is 19.8. The van der Waals surface area contributed by atoms with Gasteiger partial charge in [0.05, 0.1) is 41.8 Å². The van der Waals surface area contributed by atoms with E-state index in [1.165, 1.54) is 24.3 Å². The lowest BCUT2D eigenvalue weighted by Crippen LogP contribution is -2.36. The number of ether oxygens (including phenoxy) is 2. The molecule has 0 radical (unpaired) electrons. The molecular formula is C26H24ClFN2O5. The molecule has 0 aliphatic carbocycles. The van der Waals surface area contributed by atoms with Crippen LogP contribution in [0.1, 0.15) is 23.0 Å². The molecule has 0 atom stereocenters.